The summed E-state index contributed by atoms with van der Waals surface area (Å²) in [7, 11) is 0. The Morgan fingerprint density at radius 3 is 2.69 bits per heavy atom. The Bertz CT molecular complexity index is 579. The second-order valence-electron chi connectivity index (χ2n) is 7.01. The van der Waals surface area contributed by atoms with Crippen LogP contribution in [-0.2, 0) is 20.9 Å². The van der Waals surface area contributed by atoms with Crippen molar-refractivity contribution in [2.24, 2.45) is 11.7 Å². The second-order valence-corrected chi connectivity index (χ2v) is 7.01. The van der Waals surface area contributed by atoms with Crippen LogP contribution in [0, 0.1) is 5.92 Å². The Balaban J connectivity index is 1.68. The van der Waals surface area contributed by atoms with Gasteiger partial charge in [-0.2, -0.15) is 0 Å². The maximum absolute atomic E-state index is 11.9. The van der Waals surface area contributed by atoms with Gasteiger partial charge in [-0.25, -0.2) is 0 Å². The van der Waals surface area contributed by atoms with E-state index >= 15 is 0 Å². The molecule has 144 valence electrons. The molecule has 2 rings (SSSR count). The molecule has 0 radical (unpaired) electrons. The van der Waals surface area contributed by atoms with E-state index < -0.39 is 6.04 Å². The number of hydrogen-bond acceptors (Lipinski definition) is 5. The zero-order valence-electron chi connectivity index (χ0n) is 15.6. The minimum Gasteiger partial charge on any atom is -0.374 e. The molecule has 1 aliphatic rings. The highest BCUT2D eigenvalue weighted by Gasteiger charge is 2.22. The van der Waals surface area contributed by atoms with Gasteiger partial charge >= 0.3 is 0 Å². The van der Waals surface area contributed by atoms with Crippen molar-refractivity contribution in [3.63, 3.8) is 0 Å². The van der Waals surface area contributed by atoms with E-state index in [1.54, 1.807) is 0 Å². The summed E-state index contributed by atoms with van der Waals surface area (Å²) in [6, 6.07) is 9.69. The number of nitrogens with zero attached hydrogens (tertiary/aromatic N) is 1. The van der Waals surface area contributed by atoms with Crippen LogP contribution in [-0.4, -0.2) is 61.6 Å². The zero-order valence-corrected chi connectivity index (χ0v) is 15.6. The van der Waals surface area contributed by atoms with Crippen LogP contribution in [0.1, 0.15) is 19.4 Å². The number of ether oxygens (including phenoxy) is 1. The van der Waals surface area contributed by atoms with E-state index in [9.17, 15) is 9.59 Å². The van der Waals surface area contributed by atoms with Crippen LogP contribution in [0.15, 0.2) is 30.3 Å². The number of hydrogen-bond donors (Lipinski definition) is 3. The summed E-state index contributed by atoms with van der Waals surface area (Å²) in [5, 5.41) is 5.38. The largest absolute Gasteiger partial charge is 0.374 e. The van der Waals surface area contributed by atoms with Gasteiger partial charge < -0.3 is 21.1 Å². The average molecular weight is 362 g/mol. The normalized spacial score (nSPS) is 19.2. The van der Waals surface area contributed by atoms with Crippen molar-refractivity contribution < 1.29 is 14.3 Å². The summed E-state index contributed by atoms with van der Waals surface area (Å²) in [5.41, 5.74) is 7.01. The third kappa shape index (κ3) is 6.74. The minimum atomic E-state index is -0.601. The molecule has 0 aliphatic carbocycles. The number of morpholine rings is 1. The molecule has 2 amide bonds. The lowest BCUT2D eigenvalue weighted by molar-refractivity contribution is -0.127. The molecule has 1 unspecified atom stereocenters. The first-order valence-electron chi connectivity index (χ1n) is 9.13. The Labute approximate surface area is 155 Å². The summed E-state index contributed by atoms with van der Waals surface area (Å²) in [6.07, 6.45) is -0.0509. The van der Waals surface area contributed by atoms with Crippen molar-refractivity contribution in [2.75, 3.05) is 32.8 Å². The number of nitrogens with one attached hydrogen (secondary N) is 2. The standard InChI is InChI=1S/C19H30N4O3/c1-14(2)18(20)19(25)22-11-17(24)21-10-16-13-23(8-9-26-16)12-15-6-4-3-5-7-15/h3-7,14,16,18H,8-13,20H2,1-2H3,(H,21,24)(H,22,25)/t16?,18-/m0/s1. The van der Waals surface area contributed by atoms with Crippen LogP contribution in [0.25, 0.3) is 0 Å². The average Bonchev–Trinajstić information content (AvgIpc) is 2.64. The lowest BCUT2D eigenvalue weighted by Crippen LogP contribution is -2.50. The van der Waals surface area contributed by atoms with E-state index in [4.69, 9.17) is 10.5 Å². The summed E-state index contributed by atoms with van der Waals surface area (Å²) >= 11 is 0. The topological polar surface area (TPSA) is 96.7 Å². The number of carbonyl (C=O) groups is 2. The molecule has 1 aromatic carbocycles. The molecule has 1 heterocycles. The molecule has 1 saturated heterocycles. The van der Waals surface area contributed by atoms with E-state index in [-0.39, 0.29) is 30.4 Å². The van der Waals surface area contributed by atoms with E-state index in [0.29, 0.717) is 13.2 Å². The lowest BCUT2D eigenvalue weighted by atomic mass is 10.1. The predicted octanol–water partition coefficient (Wildman–Crippen LogP) is 0.103. The van der Waals surface area contributed by atoms with Gasteiger partial charge in [0.15, 0.2) is 0 Å². The fourth-order valence-electron chi connectivity index (χ4n) is 2.77. The third-order valence-corrected chi connectivity index (χ3v) is 4.44. The maximum atomic E-state index is 11.9. The molecule has 7 nitrogen and oxygen atoms in total. The van der Waals surface area contributed by atoms with Crippen molar-refractivity contribution in [2.45, 2.75) is 32.5 Å². The minimum absolute atomic E-state index is 0.0318. The van der Waals surface area contributed by atoms with Gasteiger partial charge in [0.1, 0.15) is 0 Å². The van der Waals surface area contributed by atoms with Gasteiger partial charge in [0.25, 0.3) is 0 Å². The number of benzene rings is 1. The molecule has 0 bridgehead atoms. The predicted molar refractivity (Wildman–Crippen MR) is 100 cm³/mol. The van der Waals surface area contributed by atoms with Gasteiger partial charge in [0, 0.05) is 26.2 Å². The molecule has 7 heteroatoms. The first-order valence-corrected chi connectivity index (χ1v) is 9.13. The highest BCUT2D eigenvalue weighted by atomic mass is 16.5. The molecule has 1 fully saturated rings. The van der Waals surface area contributed by atoms with Gasteiger partial charge in [-0.1, -0.05) is 44.2 Å². The summed E-state index contributed by atoms with van der Waals surface area (Å²) in [5.74, 6) is -0.513. The number of carbonyl (C=O) groups excluding carboxylic acids is 2. The van der Waals surface area contributed by atoms with Crippen molar-refractivity contribution in [3.05, 3.63) is 35.9 Å². The highest BCUT2D eigenvalue weighted by molar-refractivity contribution is 5.87. The fraction of sp³-hybridized carbons (Fsp3) is 0.579. The molecule has 0 aromatic heterocycles. The van der Waals surface area contributed by atoms with Crippen LogP contribution in [0.3, 0.4) is 0 Å². The maximum Gasteiger partial charge on any atom is 0.239 e. The van der Waals surface area contributed by atoms with Crippen LogP contribution in [0.4, 0.5) is 0 Å². The Hall–Kier alpha value is -1.96. The van der Waals surface area contributed by atoms with E-state index in [1.807, 2.05) is 32.0 Å². The van der Waals surface area contributed by atoms with Gasteiger partial charge in [0.2, 0.25) is 11.8 Å². The van der Waals surface area contributed by atoms with Crippen LogP contribution >= 0.6 is 0 Å². The van der Waals surface area contributed by atoms with Crippen molar-refractivity contribution in [3.8, 4) is 0 Å². The third-order valence-electron chi connectivity index (χ3n) is 4.44. The quantitative estimate of drug-likeness (QED) is 0.610. The first kappa shape index (κ1) is 20.4. The molecule has 26 heavy (non-hydrogen) atoms. The highest BCUT2D eigenvalue weighted by Crippen LogP contribution is 2.10. The van der Waals surface area contributed by atoms with Crippen molar-refractivity contribution >= 4 is 11.8 Å². The van der Waals surface area contributed by atoms with Gasteiger partial charge in [-0.05, 0) is 11.5 Å². The van der Waals surface area contributed by atoms with Crippen LogP contribution < -0.4 is 16.4 Å². The first-order chi connectivity index (χ1) is 12.5. The molecule has 1 aromatic rings. The van der Waals surface area contributed by atoms with Crippen LogP contribution in [0.2, 0.25) is 0 Å². The van der Waals surface area contributed by atoms with Crippen LogP contribution in [0.5, 0.6) is 0 Å². The summed E-state index contributed by atoms with van der Waals surface area (Å²) in [6.45, 7) is 7.25. The zero-order chi connectivity index (χ0) is 18.9. The molecule has 4 N–H and O–H groups in total. The Kier molecular flexibility index (Phi) is 8.03. The molecule has 2 atom stereocenters. The molecular weight excluding hydrogens is 332 g/mol. The lowest BCUT2D eigenvalue weighted by Gasteiger charge is -2.33. The summed E-state index contributed by atoms with van der Waals surface area (Å²) < 4.78 is 5.73. The van der Waals surface area contributed by atoms with E-state index in [1.165, 1.54) is 5.56 Å². The molecular formula is C19H30N4O3. The number of nitrogens with two attached hydrogens (primary N) is 1. The SMILES string of the molecule is CC(C)[C@H](N)C(=O)NCC(=O)NCC1CN(Cc2ccccc2)CCO1. The van der Waals surface area contributed by atoms with Gasteiger partial charge in [0.05, 0.1) is 25.3 Å². The van der Waals surface area contributed by atoms with Gasteiger partial charge in [-0.3, -0.25) is 14.5 Å². The second kappa shape index (κ2) is 10.3. The van der Waals surface area contributed by atoms with E-state index in [2.05, 4.69) is 27.7 Å². The Morgan fingerprint density at radius 1 is 1.27 bits per heavy atom. The number of rotatable bonds is 8. The van der Waals surface area contributed by atoms with Gasteiger partial charge in [-0.15, -0.1) is 0 Å². The molecule has 1 aliphatic heterocycles. The summed E-state index contributed by atoms with van der Waals surface area (Å²) in [4.78, 5) is 26.0. The van der Waals surface area contributed by atoms with Crippen molar-refractivity contribution in [1.29, 1.82) is 0 Å². The smallest absolute Gasteiger partial charge is 0.239 e. The van der Waals surface area contributed by atoms with Crippen molar-refractivity contribution in [1.82, 2.24) is 15.5 Å². The molecule has 0 spiro atoms. The van der Waals surface area contributed by atoms with E-state index in [0.717, 1.165) is 19.6 Å². The number of amides is 2. The Morgan fingerprint density at radius 2 is 2.00 bits per heavy atom. The monoisotopic (exact) mass is 362 g/mol. The fourth-order valence-corrected chi connectivity index (χ4v) is 2.77. The molecule has 0 saturated carbocycles.